The minimum absolute atomic E-state index is 0.0820. The Morgan fingerprint density at radius 1 is 1.12 bits per heavy atom. The summed E-state index contributed by atoms with van der Waals surface area (Å²) in [6.45, 7) is 11.5. The van der Waals surface area contributed by atoms with E-state index in [1.165, 1.54) is 24.5 Å². The van der Waals surface area contributed by atoms with E-state index in [1.54, 1.807) is 35.4 Å². The minimum Gasteiger partial charge on any atom is -0.451 e. The van der Waals surface area contributed by atoms with Crippen LogP contribution in [0.2, 0.25) is 0 Å². The first-order chi connectivity index (χ1) is 23.8. The van der Waals surface area contributed by atoms with E-state index in [9.17, 15) is 18.5 Å². The smallest absolute Gasteiger partial charge is 0.258 e. The number of amides is 1. The molecule has 3 fully saturated rings. The number of benzene rings is 2. The van der Waals surface area contributed by atoms with E-state index >= 15 is 0 Å². The summed E-state index contributed by atoms with van der Waals surface area (Å²) in [4.78, 5) is 28.8. The van der Waals surface area contributed by atoms with Crippen molar-refractivity contribution < 1.29 is 28.0 Å². The second kappa shape index (κ2) is 14.5. The zero-order valence-corrected chi connectivity index (χ0v) is 30.0. The lowest BCUT2D eigenvalue weighted by Crippen LogP contribution is -2.62. The number of likely N-dealkylation sites (tertiary alicyclic amines) is 1. The molecule has 0 saturated carbocycles. The molecule has 270 valence electrons. The van der Waals surface area contributed by atoms with Crippen LogP contribution >= 0.6 is 0 Å². The average molecular weight is 710 g/mol. The Morgan fingerprint density at radius 3 is 2.46 bits per heavy atom. The summed E-state index contributed by atoms with van der Waals surface area (Å²) < 4.78 is 50.8. The maximum atomic E-state index is 14.4. The molecule has 4 heterocycles. The maximum Gasteiger partial charge on any atom is 0.258 e. The van der Waals surface area contributed by atoms with Crippen molar-refractivity contribution in [3.63, 3.8) is 0 Å². The first-order valence-electron chi connectivity index (χ1n) is 17.3. The van der Waals surface area contributed by atoms with E-state index in [-0.39, 0.29) is 47.4 Å². The maximum absolute atomic E-state index is 14.4. The summed E-state index contributed by atoms with van der Waals surface area (Å²) in [5.41, 5.74) is 0.245. The number of hydrogen-bond donors (Lipinski definition) is 3. The van der Waals surface area contributed by atoms with Gasteiger partial charge in [-0.25, -0.2) is 28.1 Å². The molecule has 3 atom stereocenters. The van der Waals surface area contributed by atoms with Gasteiger partial charge in [0.25, 0.3) is 5.91 Å². The molecule has 3 saturated heterocycles. The molecule has 14 heteroatoms. The van der Waals surface area contributed by atoms with Gasteiger partial charge in [0.2, 0.25) is 0 Å². The van der Waals surface area contributed by atoms with Crippen molar-refractivity contribution in [2.45, 2.75) is 82.2 Å². The number of piperidine rings is 1. The van der Waals surface area contributed by atoms with Gasteiger partial charge >= 0.3 is 0 Å². The molecular weight excluding hydrogens is 662 g/mol. The van der Waals surface area contributed by atoms with Crippen molar-refractivity contribution in [3.05, 3.63) is 72.4 Å². The first-order valence-corrected chi connectivity index (χ1v) is 18.9. The number of carbonyl (C=O) groups excluding carboxylic acids is 1. The summed E-state index contributed by atoms with van der Waals surface area (Å²) in [5.74, 6) is -0.848. The number of nitrogens with one attached hydrogen (secondary N) is 2. The Bertz CT molecular complexity index is 1750. The monoisotopic (exact) mass is 709 g/mol. The minimum atomic E-state index is -3.16. The van der Waals surface area contributed by atoms with Gasteiger partial charge in [-0.15, -0.1) is 0 Å². The van der Waals surface area contributed by atoms with Crippen LogP contribution in [-0.2, 0) is 14.7 Å². The molecule has 6 rings (SSSR count). The van der Waals surface area contributed by atoms with Crippen molar-refractivity contribution >= 4 is 21.6 Å². The lowest BCUT2D eigenvalue weighted by molar-refractivity contribution is -0.239. The van der Waals surface area contributed by atoms with Crippen LogP contribution in [0.4, 0.5) is 10.2 Å². The first kappa shape index (κ1) is 36.1. The third-order valence-electron chi connectivity index (χ3n) is 9.98. The van der Waals surface area contributed by atoms with Gasteiger partial charge < -0.3 is 24.4 Å². The van der Waals surface area contributed by atoms with Crippen molar-refractivity contribution in [2.24, 2.45) is 5.41 Å². The molecule has 1 aromatic heterocycles. The highest BCUT2D eigenvalue weighted by Gasteiger charge is 2.47. The molecule has 3 aliphatic rings. The third-order valence-corrected chi connectivity index (χ3v) is 11.6. The van der Waals surface area contributed by atoms with E-state index < -0.39 is 21.5 Å². The molecule has 50 heavy (non-hydrogen) atoms. The van der Waals surface area contributed by atoms with Crippen LogP contribution in [0.3, 0.4) is 0 Å². The van der Waals surface area contributed by atoms with E-state index in [2.05, 4.69) is 24.5 Å². The molecule has 0 bridgehead atoms. The normalized spacial score (nSPS) is 23.4. The standard InChI is InChI=1S/C36H48FN7O5S/c1-25(2)44(26(3)4)34(45)30-18-27(37)10-11-31(30)49-32-19-39-24-40-33(32)43-21-35(22-43)14-16-42(17-15-35)23-36(46)13-12-28(20-48-36)41-50(38,47)29-8-6-5-7-9-29/h5-11,18-19,24-26,28,46H,12-17,20-23H2,1-4H3,(H2,38,41,47)/t28-,36-,50?/m1/s1. The van der Waals surface area contributed by atoms with Crippen LogP contribution in [0.25, 0.3) is 0 Å². The summed E-state index contributed by atoms with van der Waals surface area (Å²) in [7, 11) is -3.16. The highest BCUT2D eigenvalue weighted by Crippen LogP contribution is 2.45. The fourth-order valence-corrected chi connectivity index (χ4v) is 8.74. The van der Waals surface area contributed by atoms with Crippen LogP contribution in [0, 0.1) is 16.0 Å². The number of rotatable bonds is 11. The van der Waals surface area contributed by atoms with Crippen LogP contribution < -0.4 is 14.4 Å². The quantitative estimate of drug-likeness (QED) is 0.249. The Morgan fingerprint density at radius 2 is 1.82 bits per heavy atom. The van der Waals surface area contributed by atoms with Crippen molar-refractivity contribution in [2.75, 3.05) is 44.2 Å². The number of carbonyl (C=O) groups is 1. The molecule has 1 amide bonds. The topological polar surface area (TPSA) is 144 Å². The second-order valence-electron chi connectivity index (χ2n) is 14.5. The lowest BCUT2D eigenvalue weighted by Gasteiger charge is -2.55. The Kier molecular flexibility index (Phi) is 10.5. The molecular formula is C36H48FN7O5S. The number of hydrogen-bond acceptors (Lipinski definition) is 10. The van der Waals surface area contributed by atoms with Gasteiger partial charge in [0.15, 0.2) is 17.4 Å². The summed E-state index contributed by atoms with van der Waals surface area (Å²) >= 11 is 0. The highest BCUT2D eigenvalue weighted by atomic mass is 32.2. The third kappa shape index (κ3) is 7.94. The Hall–Kier alpha value is -3.69. The highest BCUT2D eigenvalue weighted by molar-refractivity contribution is 7.90. The number of β-amino-alcohol motifs (C(OH)–C–C–N with tert-alkyl or cyclic N) is 1. The van der Waals surface area contributed by atoms with Gasteiger partial charge in [-0.3, -0.25) is 9.69 Å². The molecule has 3 aliphatic heterocycles. The van der Waals surface area contributed by atoms with Gasteiger partial charge in [-0.2, -0.15) is 0 Å². The van der Waals surface area contributed by atoms with Crippen molar-refractivity contribution in [1.29, 1.82) is 4.78 Å². The number of aliphatic hydroxyl groups is 1. The van der Waals surface area contributed by atoms with Gasteiger partial charge in [-0.1, -0.05) is 18.2 Å². The predicted octanol–water partition coefficient (Wildman–Crippen LogP) is 5.05. The van der Waals surface area contributed by atoms with Gasteiger partial charge in [0, 0.05) is 43.1 Å². The fourth-order valence-electron chi connectivity index (χ4n) is 7.41. The Balaban J connectivity index is 1.03. The molecule has 3 aromatic rings. The Labute approximate surface area is 294 Å². The largest absolute Gasteiger partial charge is 0.451 e. The molecule has 3 N–H and O–H groups in total. The number of halogens is 1. The zero-order valence-electron chi connectivity index (χ0n) is 29.2. The zero-order chi connectivity index (χ0) is 35.7. The molecule has 2 aromatic carbocycles. The molecule has 1 unspecified atom stereocenters. The SMILES string of the molecule is CC(C)N(C(=O)c1cc(F)ccc1Oc1cncnc1N1CC2(CCN(C[C@@]3(O)CC[C@@H](NS(=N)(=O)c4ccccc4)CO3)CC2)C1)C(C)C. The van der Waals surface area contributed by atoms with E-state index in [4.69, 9.17) is 14.3 Å². The molecule has 0 radical (unpaired) electrons. The van der Waals surface area contributed by atoms with Crippen molar-refractivity contribution in [1.82, 2.24) is 24.5 Å². The van der Waals surface area contributed by atoms with Gasteiger partial charge in [-0.05, 0) is 90.4 Å². The van der Waals surface area contributed by atoms with Crippen LogP contribution in [0.1, 0.15) is 63.7 Å². The average Bonchev–Trinajstić information content (AvgIpc) is 3.06. The molecule has 12 nitrogen and oxygen atoms in total. The summed E-state index contributed by atoms with van der Waals surface area (Å²) in [6.07, 6.45) is 5.87. The summed E-state index contributed by atoms with van der Waals surface area (Å²) in [6, 6.07) is 12.2. The van der Waals surface area contributed by atoms with E-state index in [1.807, 2.05) is 33.8 Å². The second-order valence-corrected chi connectivity index (χ2v) is 16.3. The van der Waals surface area contributed by atoms with Gasteiger partial charge in [0.1, 0.15) is 27.8 Å². The number of nitrogens with zero attached hydrogens (tertiary/aromatic N) is 5. The number of aromatic nitrogens is 2. The fraction of sp³-hybridized carbons (Fsp3) is 0.528. The lowest BCUT2D eigenvalue weighted by atomic mass is 9.72. The number of anilines is 1. The van der Waals surface area contributed by atoms with E-state index in [0.29, 0.717) is 35.8 Å². The van der Waals surface area contributed by atoms with Crippen LogP contribution in [-0.4, -0.2) is 98.2 Å². The van der Waals surface area contributed by atoms with Gasteiger partial charge in [0.05, 0.1) is 29.8 Å². The number of ether oxygens (including phenoxy) is 2. The van der Waals surface area contributed by atoms with Crippen molar-refractivity contribution in [3.8, 4) is 11.5 Å². The van der Waals surface area contributed by atoms with Crippen LogP contribution in [0.5, 0.6) is 11.5 Å². The van der Waals surface area contributed by atoms with Crippen LogP contribution in [0.15, 0.2) is 66.0 Å². The predicted molar refractivity (Wildman–Crippen MR) is 188 cm³/mol. The molecule has 1 spiro atoms. The van der Waals surface area contributed by atoms with E-state index in [0.717, 1.165) is 39.0 Å². The molecule has 0 aliphatic carbocycles. The summed E-state index contributed by atoms with van der Waals surface area (Å²) in [5, 5.41) is 11.3.